The first kappa shape index (κ1) is 14.4. The molecule has 0 spiro atoms. The summed E-state index contributed by atoms with van der Waals surface area (Å²) in [6.45, 7) is 2.26. The standard InChI is InChI=1S/C19H25NO/c1-15(16-8-4-2-5-9-16)20-13-12-18(21)14-19(20)17-10-6-3-7-11-17/h2,4-5,8-9,12-13,15,17,19H,3,6-7,10-11,14H2,1H3/t15-,19+/m0/s1. The van der Waals surface area contributed by atoms with Gasteiger partial charge in [-0.15, -0.1) is 0 Å². The molecule has 1 aliphatic carbocycles. The molecule has 1 aliphatic heterocycles. The second-order valence-electron chi connectivity index (χ2n) is 6.49. The summed E-state index contributed by atoms with van der Waals surface area (Å²) < 4.78 is 0. The zero-order valence-corrected chi connectivity index (χ0v) is 12.9. The number of allylic oxidation sites excluding steroid dienone is 1. The number of carbonyl (C=O) groups excluding carboxylic acids is 1. The highest BCUT2D eigenvalue weighted by atomic mass is 16.1. The van der Waals surface area contributed by atoms with Crippen LogP contribution >= 0.6 is 0 Å². The van der Waals surface area contributed by atoms with Gasteiger partial charge >= 0.3 is 0 Å². The lowest BCUT2D eigenvalue weighted by Crippen LogP contribution is -2.43. The van der Waals surface area contributed by atoms with E-state index >= 15 is 0 Å². The number of hydrogen-bond acceptors (Lipinski definition) is 2. The number of ketones is 1. The molecule has 0 N–H and O–H groups in total. The summed E-state index contributed by atoms with van der Waals surface area (Å²) in [6.07, 6.45) is 11.1. The van der Waals surface area contributed by atoms with E-state index in [9.17, 15) is 4.79 Å². The Labute approximate surface area is 127 Å². The molecule has 1 saturated carbocycles. The van der Waals surface area contributed by atoms with Crippen molar-refractivity contribution in [1.29, 1.82) is 0 Å². The molecule has 21 heavy (non-hydrogen) atoms. The van der Waals surface area contributed by atoms with Crippen molar-refractivity contribution < 1.29 is 4.79 Å². The van der Waals surface area contributed by atoms with Crippen LogP contribution in [0.5, 0.6) is 0 Å². The summed E-state index contributed by atoms with van der Waals surface area (Å²) in [5.74, 6) is 0.973. The fraction of sp³-hybridized carbons (Fsp3) is 0.526. The first-order valence-electron chi connectivity index (χ1n) is 8.29. The largest absolute Gasteiger partial charge is 0.367 e. The lowest BCUT2D eigenvalue weighted by Gasteiger charge is -2.43. The van der Waals surface area contributed by atoms with Gasteiger partial charge in [0.15, 0.2) is 5.78 Å². The van der Waals surface area contributed by atoms with E-state index in [-0.39, 0.29) is 0 Å². The third kappa shape index (κ3) is 3.20. The first-order valence-corrected chi connectivity index (χ1v) is 8.29. The van der Waals surface area contributed by atoms with Crippen molar-refractivity contribution in [2.75, 3.05) is 0 Å². The normalized spacial score (nSPS) is 25.1. The molecule has 1 heterocycles. The van der Waals surface area contributed by atoms with Gasteiger partial charge in [-0.25, -0.2) is 0 Å². The second kappa shape index (κ2) is 6.46. The van der Waals surface area contributed by atoms with E-state index in [0.29, 0.717) is 30.2 Å². The Hall–Kier alpha value is -1.57. The molecule has 2 atom stereocenters. The summed E-state index contributed by atoms with van der Waals surface area (Å²) in [6, 6.07) is 11.4. The fourth-order valence-electron chi connectivity index (χ4n) is 3.91. The van der Waals surface area contributed by atoms with Gasteiger partial charge in [-0.05, 0) is 37.3 Å². The van der Waals surface area contributed by atoms with Gasteiger partial charge in [0, 0.05) is 18.7 Å². The molecular formula is C19H25NO. The predicted octanol–water partition coefficient (Wildman–Crippen LogP) is 4.49. The number of carbonyl (C=O) groups is 1. The van der Waals surface area contributed by atoms with Crippen molar-refractivity contribution in [1.82, 2.24) is 4.90 Å². The van der Waals surface area contributed by atoms with Crippen molar-refractivity contribution in [3.8, 4) is 0 Å². The molecule has 1 aromatic rings. The van der Waals surface area contributed by atoms with Crippen LogP contribution in [0.2, 0.25) is 0 Å². The van der Waals surface area contributed by atoms with Gasteiger partial charge in [-0.3, -0.25) is 4.79 Å². The minimum atomic E-state index is 0.294. The molecule has 2 heteroatoms. The van der Waals surface area contributed by atoms with Gasteiger partial charge in [-0.2, -0.15) is 0 Å². The Morgan fingerprint density at radius 1 is 1.10 bits per heavy atom. The van der Waals surface area contributed by atoms with Crippen LogP contribution in [0.1, 0.15) is 57.1 Å². The number of rotatable bonds is 3. The van der Waals surface area contributed by atoms with Gasteiger partial charge in [0.2, 0.25) is 0 Å². The average Bonchev–Trinajstić information content (AvgIpc) is 2.56. The third-order valence-corrected chi connectivity index (χ3v) is 5.15. The Bertz CT molecular complexity index is 502. The highest BCUT2D eigenvalue weighted by Crippen LogP contribution is 2.36. The lowest BCUT2D eigenvalue weighted by molar-refractivity contribution is -0.117. The molecule has 0 radical (unpaired) electrons. The van der Waals surface area contributed by atoms with Crippen LogP contribution in [0.15, 0.2) is 42.6 Å². The average molecular weight is 283 g/mol. The molecule has 0 saturated heterocycles. The fourth-order valence-corrected chi connectivity index (χ4v) is 3.91. The van der Waals surface area contributed by atoms with Crippen LogP contribution in [0.4, 0.5) is 0 Å². The molecule has 2 aliphatic rings. The van der Waals surface area contributed by atoms with Crippen LogP contribution in [-0.4, -0.2) is 16.7 Å². The highest BCUT2D eigenvalue weighted by Gasteiger charge is 2.33. The zero-order valence-electron chi connectivity index (χ0n) is 12.9. The van der Waals surface area contributed by atoms with E-state index in [1.807, 2.05) is 6.20 Å². The van der Waals surface area contributed by atoms with E-state index in [2.05, 4.69) is 42.2 Å². The predicted molar refractivity (Wildman–Crippen MR) is 85.8 cm³/mol. The molecule has 1 fully saturated rings. The van der Waals surface area contributed by atoms with Crippen molar-refractivity contribution in [3.05, 3.63) is 48.2 Å². The molecule has 0 aromatic heterocycles. The zero-order chi connectivity index (χ0) is 14.7. The molecule has 0 amide bonds. The highest BCUT2D eigenvalue weighted by molar-refractivity contribution is 5.90. The second-order valence-corrected chi connectivity index (χ2v) is 6.49. The monoisotopic (exact) mass is 283 g/mol. The van der Waals surface area contributed by atoms with Crippen LogP contribution in [0.25, 0.3) is 0 Å². The first-order chi connectivity index (χ1) is 10.3. The van der Waals surface area contributed by atoms with Crippen molar-refractivity contribution in [3.63, 3.8) is 0 Å². The van der Waals surface area contributed by atoms with E-state index in [0.717, 1.165) is 0 Å². The number of benzene rings is 1. The van der Waals surface area contributed by atoms with Gasteiger partial charge in [0.25, 0.3) is 0 Å². The summed E-state index contributed by atoms with van der Waals surface area (Å²) in [5.41, 5.74) is 1.33. The molecule has 0 unspecified atom stereocenters. The Kier molecular flexibility index (Phi) is 4.42. The molecule has 2 nitrogen and oxygen atoms in total. The molecule has 3 rings (SSSR count). The summed E-state index contributed by atoms with van der Waals surface area (Å²) in [7, 11) is 0. The van der Waals surface area contributed by atoms with Crippen LogP contribution in [-0.2, 0) is 4.79 Å². The van der Waals surface area contributed by atoms with E-state index in [1.54, 1.807) is 6.08 Å². The number of nitrogens with zero attached hydrogens (tertiary/aromatic N) is 1. The Balaban J connectivity index is 1.82. The molecule has 0 bridgehead atoms. The van der Waals surface area contributed by atoms with Crippen molar-refractivity contribution in [2.45, 2.75) is 57.5 Å². The van der Waals surface area contributed by atoms with E-state index < -0.39 is 0 Å². The maximum Gasteiger partial charge on any atom is 0.159 e. The lowest BCUT2D eigenvalue weighted by atomic mass is 9.80. The smallest absolute Gasteiger partial charge is 0.159 e. The Morgan fingerprint density at radius 2 is 1.81 bits per heavy atom. The van der Waals surface area contributed by atoms with Gasteiger partial charge < -0.3 is 4.90 Å². The summed E-state index contributed by atoms with van der Waals surface area (Å²) in [4.78, 5) is 14.3. The number of hydrogen-bond donors (Lipinski definition) is 0. The minimum Gasteiger partial charge on any atom is -0.367 e. The van der Waals surface area contributed by atoms with Crippen LogP contribution < -0.4 is 0 Å². The molecule has 1 aromatic carbocycles. The Morgan fingerprint density at radius 3 is 2.52 bits per heavy atom. The van der Waals surface area contributed by atoms with E-state index in [4.69, 9.17) is 0 Å². The SMILES string of the molecule is C[C@@H](c1ccccc1)N1C=CC(=O)C[C@@H]1C1CCCCC1. The minimum absolute atomic E-state index is 0.294. The van der Waals surface area contributed by atoms with Crippen molar-refractivity contribution in [2.24, 2.45) is 5.92 Å². The van der Waals surface area contributed by atoms with E-state index in [1.165, 1.54) is 37.7 Å². The molecular weight excluding hydrogens is 258 g/mol. The summed E-state index contributed by atoms with van der Waals surface area (Å²) >= 11 is 0. The maximum absolute atomic E-state index is 11.9. The topological polar surface area (TPSA) is 20.3 Å². The maximum atomic E-state index is 11.9. The summed E-state index contributed by atoms with van der Waals surface area (Å²) in [5, 5.41) is 0. The van der Waals surface area contributed by atoms with Gasteiger partial charge in [0.1, 0.15) is 0 Å². The van der Waals surface area contributed by atoms with Gasteiger partial charge in [0.05, 0.1) is 6.04 Å². The third-order valence-electron chi connectivity index (χ3n) is 5.15. The van der Waals surface area contributed by atoms with Crippen LogP contribution in [0, 0.1) is 5.92 Å². The van der Waals surface area contributed by atoms with Gasteiger partial charge in [-0.1, -0.05) is 49.6 Å². The molecule has 112 valence electrons. The van der Waals surface area contributed by atoms with Crippen molar-refractivity contribution >= 4 is 5.78 Å². The quantitative estimate of drug-likeness (QED) is 0.815. The van der Waals surface area contributed by atoms with Crippen LogP contribution in [0.3, 0.4) is 0 Å².